The molecule has 0 bridgehead atoms. The summed E-state index contributed by atoms with van der Waals surface area (Å²) >= 11 is 0. The van der Waals surface area contributed by atoms with Gasteiger partial charge in [-0.15, -0.1) is 0 Å². The number of benzene rings is 1. The molecule has 0 saturated carbocycles. The molecule has 0 spiro atoms. The SMILES string of the molecule is Nc1c(F)cc(F)c(O)c1F. The molecule has 0 fully saturated rings. The maximum atomic E-state index is 12.4. The number of rotatable bonds is 0. The third-order valence-electron chi connectivity index (χ3n) is 1.18. The number of aromatic hydroxyl groups is 1. The van der Waals surface area contributed by atoms with Gasteiger partial charge in [0.05, 0.1) is 0 Å². The summed E-state index contributed by atoms with van der Waals surface area (Å²) in [7, 11) is 0. The smallest absolute Gasteiger partial charge is 0.193 e. The van der Waals surface area contributed by atoms with Gasteiger partial charge in [-0.25, -0.2) is 13.2 Å². The highest BCUT2D eigenvalue weighted by Gasteiger charge is 2.14. The third-order valence-corrected chi connectivity index (χ3v) is 1.18. The minimum absolute atomic E-state index is 0.313. The average Bonchev–Trinajstić information content (AvgIpc) is 1.97. The first-order chi connectivity index (χ1) is 5.04. The minimum Gasteiger partial charge on any atom is -0.503 e. The maximum Gasteiger partial charge on any atom is 0.193 e. The zero-order valence-electron chi connectivity index (χ0n) is 5.24. The van der Waals surface area contributed by atoms with Crippen molar-refractivity contribution in [3.8, 4) is 5.75 Å². The van der Waals surface area contributed by atoms with Crippen molar-refractivity contribution >= 4 is 5.69 Å². The van der Waals surface area contributed by atoms with Gasteiger partial charge in [0.25, 0.3) is 0 Å². The van der Waals surface area contributed by atoms with Gasteiger partial charge in [0, 0.05) is 6.07 Å². The molecule has 0 radical (unpaired) electrons. The van der Waals surface area contributed by atoms with Crippen molar-refractivity contribution in [1.82, 2.24) is 0 Å². The van der Waals surface area contributed by atoms with Gasteiger partial charge < -0.3 is 10.8 Å². The molecule has 0 atom stereocenters. The molecule has 0 aliphatic rings. The summed E-state index contributed by atoms with van der Waals surface area (Å²) in [6.45, 7) is 0. The van der Waals surface area contributed by atoms with Gasteiger partial charge in [0.2, 0.25) is 0 Å². The Hall–Kier alpha value is -1.39. The fourth-order valence-corrected chi connectivity index (χ4v) is 0.595. The molecular formula is C6H4F3NO. The third kappa shape index (κ3) is 1.09. The Morgan fingerprint density at radius 2 is 1.73 bits per heavy atom. The van der Waals surface area contributed by atoms with E-state index in [4.69, 9.17) is 10.8 Å². The van der Waals surface area contributed by atoms with E-state index in [0.717, 1.165) is 0 Å². The molecule has 5 heteroatoms. The zero-order chi connectivity index (χ0) is 8.59. The van der Waals surface area contributed by atoms with Crippen LogP contribution in [0.4, 0.5) is 18.9 Å². The Labute approximate surface area is 60.1 Å². The Morgan fingerprint density at radius 3 is 2.27 bits per heavy atom. The van der Waals surface area contributed by atoms with Crippen molar-refractivity contribution in [2.45, 2.75) is 0 Å². The maximum absolute atomic E-state index is 12.4. The van der Waals surface area contributed by atoms with E-state index in [1.54, 1.807) is 0 Å². The van der Waals surface area contributed by atoms with Gasteiger partial charge in [0.1, 0.15) is 5.69 Å². The molecule has 2 nitrogen and oxygen atoms in total. The number of nitrogen functional groups attached to an aromatic ring is 1. The number of hydrogen-bond donors (Lipinski definition) is 2. The van der Waals surface area contributed by atoms with E-state index in [1.165, 1.54) is 0 Å². The Kier molecular flexibility index (Phi) is 1.64. The van der Waals surface area contributed by atoms with Crippen LogP contribution in [0.25, 0.3) is 0 Å². The van der Waals surface area contributed by atoms with E-state index in [1.807, 2.05) is 0 Å². The Balaban J connectivity index is 3.46. The number of hydrogen-bond acceptors (Lipinski definition) is 2. The van der Waals surface area contributed by atoms with Crippen LogP contribution in [0.3, 0.4) is 0 Å². The predicted molar refractivity (Wildman–Crippen MR) is 32.4 cm³/mol. The van der Waals surface area contributed by atoms with Gasteiger partial charge >= 0.3 is 0 Å². The lowest BCUT2D eigenvalue weighted by atomic mass is 10.2. The second-order valence-electron chi connectivity index (χ2n) is 1.92. The molecule has 0 heterocycles. The first kappa shape index (κ1) is 7.71. The van der Waals surface area contributed by atoms with E-state index in [-0.39, 0.29) is 0 Å². The first-order valence-electron chi connectivity index (χ1n) is 2.66. The van der Waals surface area contributed by atoms with Crippen LogP contribution in [0, 0.1) is 17.5 Å². The van der Waals surface area contributed by atoms with Crippen molar-refractivity contribution < 1.29 is 18.3 Å². The highest BCUT2D eigenvalue weighted by atomic mass is 19.1. The highest BCUT2D eigenvalue weighted by molar-refractivity contribution is 5.47. The number of nitrogens with two attached hydrogens (primary N) is 1. The zero-order valence-corrected chi connectivity index (χ0v) is 5.24. The number of phenols is 1. The standard InChI is InChI=1S/C6H4F3NO/c7-2-1-3(8)6(11)4(9)5(2)10/h1,11H,10H2. The molecule has 3 N–H and O–H groups in total. The molecule has 11 heavy (non-hydrogen) atoms. The molecule has 0 unspecified atom stereocenters. The molecule has 0 amide bonds. The molecule has 0 aliphatic heterocycles. The van der Waals surface area contributed by atoms with Crippen LogP contribution in [0.1, 0.15) is 0 Å². The second kappa shape index (κ2) is 2.34. The molecular weight excluding hydrogens is 159 g/mol. The van der Waals surface area contributed by atoms with E-state index in [9.17, 15) is 13.2 Å². The normalized spacial score (nSPS) is 10.1. The summed E-state index contributed by atoms with van der Waals surface area (Å²) in [4.78, 5) is 0. The topological polar surface area (TPSA) is 46.2 Å². The van der Waals surface area contributed by atoms with Crippen LogP contribution >= 0.6 is 0 Å². The minimum atomic E-state index is -1.47. The van der Waals surface area contributed by atoms with Crippen molar-refractivity contribution in [1.29, 1.82) is 0 Å². The van der Waals surface area contributed by atoms with Gasteiger partial charge in [-0.3, -0.25) is 0 Å². The van der Waals surface area contributed by atoms with Crippen molar-refractivity contribution in [3.05, 3.63) is 23.5 Å². The van der Waals surface area contributed by atoms with Crippen LogP contribution in [0.5, 0.6) is 5.75 Å². The van der Waals surface area contributed by atoms with Gasteiger partial charge in [-0.05, 0) is 0 Å². The van der Waals surface area contributed by atoms with Crippen molar-refractivity contribution in [3.63, 3.8) is 0 Å². The summed E-state index contributed by atoms with van der Waals surface area (Å²) in [6, 6.07) is 0.313. The van der Waals surface area contributed by atoms with Gasteiger partial charge in [-0.1, -0.05) is 0 Å². The van der Waals surface area contributed by atoms with Gasteiger partial charge in [-0.2, -0.15) is 0 Å². The van der Waals surface area contributed by atoms with Crippen LogP contribution in [-0.2, 0) is 0 Å². The molecule has 0 aromatic heterocycles. The first-order valence-corrected chi connectivity index (χ1v) is 2.66. The molecule has 1 aromatic carbocycles. The average molecular weight is 163 g/mol. The van der Waals surface area contributed by atoms with Crippen molar-refractivity contribution in [2.24, 2.45) is 0 Å². The summed E-state index contributed by atoms with van der Waals surface area (Å²) in [6.07, 6.45) is 0. The van der Waals surface area contributed by atoms with Gasteiger partial charge in [0.15, 0.2) is 23.2 Å². The predicted octanol–water partition coefficient (Wildman–Crippen LogP) is 1.39. The van der Waals surface area contributed by atoms with Crippen LogP contribution in [0.2, 0.25) is 0 Å². The second-order valence-corrected chi connectivity index (χ2v) is 1.92. The monoisotopic (exact) mass is 163 g/mol. The van der Waals surface area contributed by atoms with E-state index >= 15 is 0 Å². The molecule has 1 aromatic rings. The quantitative estimate of drug-likeness (QED) is 0.567. The van der Waals surface area contributed by atoms with E-state index < -0.39 is 28.9 Å². The summed E-state index contributed by atoms with van der Waals surface area (Å²) in [5.74, 6) is -5.32. The summed E-state index contributed by atoms with van der Waals surface area (Å²) in [5, 5.41) is 8.51. The van der Waals surface area contributed by atoms with Crippen LogP contribution in [0.15, 0.2) is 6.07 Å². The van der Waals surface area contributed by atoms with Crippen LogP contribution in [-0.4, -0.2) is 5.11 Å². The number of phenolic OH excluding ortho intramolecular Hbond substituents is 1. The number of anilines is 1. The fraction of sp³-hybridized carbons (Fsp3) is 0. The fourth-order valence-electron chi connectivity index (χ4n) is 0.595. The Bertz CT molecular complexity index is 274. The van der Waals surface area contributed by atoms with E-state index in [2.05, 4.69) is 0 Å². The molecule has 1 rings (SSSR count). The van der Waals surface area contributed by atoms with Crippen LogP contribution < -0.4 is 5.73 Å². The Morgan fingerprint density at radius 1 is 1.18 bits per heavy atom. The molecule has 60 valence electrons. The lowest BCUT2D eigenvalue weighted by Gasteiger charge is -2.00. The number of halogens is 3. The highest BCUT2D eigenvalue weighted by Crippen LogP contribution is 2.26. The lowest BCUT2D eigenvalue weighted by Crippen LogP contribution is -1.97. The molecule has 0 aliphatic carbocycles. The molecule has 0 saturated heterocycles. The summed E-state index contributed by atoms with van der Waals surface area (Å²) in [5.41, 5.74) is 3.89. The van der Waals surface area contributed by atoms with Crippen molar-refractivity contribution in [2.75, 3.05) is 5.73 Å². The summed E-state index contributed by atoms with van der Waals surface area (Å²) < 4.78 is 36.9. The largest absolute Gasteiger partial charge is 0.503 e. The lowest BCUT2D eigenvalue weighted by molar-refractivity contribution is 0.392. The van der Waals surface area contributed by atoms with E-state index in [0.29, 0.717) is 6.07 Å².